The number of carbonyl (C=O) groups is 1. The molecule has 0 aliphatic heterocycles. The molecule has 0 radical (unpaired) electrons. The molecule has 0 unspecified atom stereocenters. The molecule has 0 aromatic rings. The molecule has 0 bridgehead atoms. The van der Waals surface area contributed by atoms with Crippen LogP contribution in [-0.2, 0) is 4.79 Å². The number of carbonyl (C=O) groups excluding carboxylic acids is 1. The van der Waals surface area contributed by atoms with Gasteiger partial charge in [0.25, 0.3) is 0 Å². The Morgan fingerprint density at radius 1 is 1.27 bits per heavy atom. The van der Waals surface area contributed by atoms with Crippen LogP contribution in [0.15, 0.2) is 12.7 Å². The van der Waals surface area contributed by atoms with Crippen molar-refractivity contribution >= 4 is 6.41 Å². The second-order valence-electron chi connectivity index (χ2n) is 3.18. The highest BCUT2D eigenvalue weighted by molar-refractivity contribution is 5.49. The van der Waals surface area contributed by atoms with Gasteiger partial charge in [-0.25, -0.2) is 0 Å². The number of hydrogen-bond acceptors (Lipinski definition) is 1. The zero-order valence-corrected chi connectivity index (χ0v) is 6.81. The van der Waals surface area contributed by atoms with Gasteiger partial charge in [0, 0.05) is 0 Å². The Bertz CT molecular complexity index is 148. The lowest BCUT2D eigenvalue weighted by Crippen LogP contribution is -2.43. The molecule has 1 rings (SSSR count). The molecule has 62 valence electrons. The highest BCUT2D eigenvalue weighted by Crippen LogP contribution is 2.28. The SMILES string of the molecule is C=CC1(NC=O)CCCCC1. The van der Waals surface area contributed by atoms with Crippen molar-refractivity contribution in [1.82, 2.24) is 5.32 Å². The lowest BCUT2D eigenvalue weighted by molar-refractivity contribution is -0.111. The minimum atomic E-state index is -0.0833. The van der Waals surface area contributed by atoms with Crippen LogP contribution in [0.4, 0.5) is 0 Å². The predicted octanol–water partition coefficient (Wildman–Crippen LogP) is 1.62. The summed E-state index contributed by atoms with van der Waals surface area (Å²) in [6.45, 7) is 3.75. The minimum absolute atomic E-state index is 0.0833. The summed E-state index contributed by atoms with van der Waals surface area (Å²) in [5.41, 5.74) is -0.0833. The van der Waals surface area contributed by atoms with Crippen molar-refractivity contribution < 1.29 is 4.79 Å². The van der Waals surface area contributed by atoms with Crippen LogP contribution in [0.2, 0.25) is 0 Å². The van der Waals surface area contributed by atoms with Crippen LogP contribution >= 0.6 is 0 Å². The van der Waals surface area contributed by atoms with Crippen molar-refractivity contribution in [2.75, 3.05) is 0 Å². The molecule has 1 aliphatic rings. The molecule has 0 aromatic carbocycles. The molecule has 1 N–H and O–H groups in total. The number of rotatable bonds is 3. The third-order valence-corrected chi connectivity index (χ3v) is 2.48. The number of amides is 1. The molecule has 2 nitrogen and oxygen atoms in total. The topological polar surface area (TPSA) is 29.1 Å². The van der Waals surface area contributed by atoms with E-state index in [0.29, 0.717) is 0 Å². The molecule has 0 saturated heterocycles. The van der Waals surface area contributed by atoms with Gasteiger partial charge in [0.2, 0.25) is 6.41 Å². The van der Waals surface area contributed by atoms with Crippen LogP contribution in [-0.4, -0.2) is 11.9 Å². The first-order valence-electron chi connectivity index (χ1n) is 4.18. The maximum Gasteiger partial charge on any atom is 0.207 e. The summed E-state index contributed by atoms with van der Waals surface area (Å²) in [5.74, 6) is 0. The molecule has 1 aliphatic carbocycles. The van der Waals surface area contributed by atoms with E-state index in [0.717, 1.165) is 19.3 Å². The predicted molar refractivity (Wildman–Crippen MR) is 45.2 cm³/mol. The summed E-state index contributed by atoms with van der Waals surface area (Å²) >= 11 is 0. The molecule has 1 amide bonds. The van der Waals surface area contributed by atoms with Gasteiger partial charge < -0.3 is 5.32 Å². The van der Waals surface area contributed by atoms with Gasteiger partial charge in [-0.2, -0.15) is 0 Å². The Kier molecular flexibility index (Phi) is 2.69. The van der Waals surface area contributed by atoms with Crippen molar-refractivity contribution in [3.8, 4) is 0 Å². The highest BCUT2D eigenvalue weighted by atomic mass is 16.1. The Hall–Kier alpha value is -0.790. The van der Waals surface area contributed by atoms with E-state index in [1.807, 2.05) is 6.08 Å². The van der Waals surface area contributed by atoms with Crippen LogP contribution in [0.1, 0.15) is 32.1 Å². The van der Waals surface area contributed by atoms with Gasteiger partial charge in [0.1, 0.15) is 0 Å². The van der Waals surface area contributed by atoms with E-state index in [4.69, 9.17) is 0 Å². The van der Waals surface area contributed by atoms with Crippen molar-refractivity contribution in [1.29, 1.82) is 0 Å². The number of hydrogen-bond donors (Lipinski definition) is 1. The Balaban J connectivity index is 2.56. The monoisotopic (exact) mass is 153 g/mol. The van der Waals surface area contributed by atoms with E-state index in [1.165, 1.54) is 19.3 Å². The van der Waals surface area contributed by atoms with Gasteiger partial charge in [-0.3, -0.25) is 4.79 Å². The molecule has 1 fully saturated rings. The molecular weight excluding hydrogens is 138 g/mol. The zero-order valence-electron chi connectivity index (χ0n) is 6.81. The van der Waals surface area contributed by atoms with Gasteiger partial charge in [-0.1, -0.05) is 25.3 Å². The molecular formula is C9H15NO. The van der Waals surface area contributed by atoms with Crippen molar-refractivity contribution in [3.63, 3.8) is 0 Å². The fourth-order valence-electron chi connectivity index (χ4n) is 1.71. The van der Waals surface area contributed by atoms with Crippen molar-refractivity contribution in [2.24, 2.45) is 0 Å². The molecule has 11 heavy (non-hydrogen) atoms. The second kappa shape index (κ2) is 3.56. The summed E-state index contributed by atoms with van der Waals surface area (Å²) in [4.78, 5) is 10.3. The first-order valence-corrected chi connectivity index (χ1v) is 4.18. The lowest BCUT2D eigenvalue weighted by atomic mass is 9.82. The lowest BCUT2D eigenvalue weighted by Gasteiger charge is -2.33. The fourth-order valence-corrected chi connectivity index (χ4v) is 1.71. The van der Waals surface area contributed by atoms with E-state index in [1.54, 1.807) is 0 Å². The maximum absolute atomic E-state index is 10.3. The van der Waals surface area contributed by atoms with Crippen LogP contribution in [0.3, 0.4) is 0 Å². The van der Waals surface area contributed by atoms with Gasteiger partial charge in [-0.15, -0.1) is 6.58 Å². The minimum Gasteiger partial charge on any atom is -0.350 e. The van der Waals surface area contributed by atoms with Crippen molar-refractivity contribution in [3.05, 3.63) is 12.7 Å². The molecule has 0 aromatic heterocycles. The average molecular weight is 153 g/mol. The summed E-state index contributed by atoms with van der Waals surface area (Å²) < 4.78 is 0. The maximum atomic E-state index is 10.3. The normalized spacial score (nSPS) is 22.2. The zero-order chi connectivity index (χ0) is 8.16. The Labute approximate surface area is 67.7 Å². The van der Waals surface area contributed by atoms with Crippen LogP contribution in [0, 0.1) is 0 Å². The first kappa shape index (κ1) is 8.31. The van der Waals surface area contributed by atoms with E-state index >= 15 is 0 Å². The third kappa shape index (κ3) is 1.82. The molecule has 0 atom stereocenters. The van der Waals surface area contributed by atoms with Gasteiger partial charge in [0.15, 0.2) is 0 Å². The smallest absolute Gasteiger partial charge is 0.207 e. The molecule has 1 saturated carbocycles. The molecule has 2 heteroatoms. The first-order chi connectivity index (χ1) is 5.33. The third-order valence-electron chi connectivity index (χ3n) is 2.48. The highest BCUT2D eigenvalue weighted by Gasteiger charge is 2.27. The summed E-state index contributed by atoms with van der Waals surface area (Å²) in [6.07, 6.45) is 8.45. The summed E-state index contributed by atoms with van der Waals surface area (Å²) in [6, 6.07) is 0. The van der Waals surface area contributed by atoms with E-state index in [-0.39, 0.29) is 5.54 Å². The quantitative estimate of drug-likeness (QED) is 0.484. The van der Waals surface area contributed by atoms with E-state index in [9.17, 15) is 4.79 Å². The van der Waals surface area contributed by atoms with Crippen LogP contribution in [0.5, 0.6) is 0 Å². The largest absolute Gasteiger partial charge is 0.350 e. The average Bonchev–Trinajstić information content (AvgIpc) is 2.07. The van der Waals surface area contributed by atoms with E-state index in [2.05, 4.69) is 11.9 Å². The molecule has 0 heterocycles. The number of nitrogens with one attached hydrogen (secondary N) is 1. The second-order valence-corrected chi connectivity index (χ2v) is 3.18. The molecule has 0 spiro atoms. The fraction of sp³-hybridized carbons (Fsp3) is 0.667. The summed E-state index contributed by atoms with van der Waals surface area (Å²) in [5, 5.41) is 2.85. The Morgan fingerprint density at radius 3 is 2.36 bits per heavy atom. The summed E-state index contributed by atoms with van der Waals surface area (Å²) in [7, 11) is 0. The van der Waals surface area contributed by atoms with E-state index < -0.39 is 0 Å². The Morgan fingerprint density at radius 2 is 1.91 bits per heavy atom. The van der Waals surface area contributed by atoms with Gasteiger partial charge in [0.05, 0.1) is 5.54 Å². The van der Waals surface area contributed by atoms with Crippen LogP contribution in [0.25, 0.3) is 0 Å². The standard InChI is InChI=1S/C9H15NO/c1-2-9(10-8-11)6-4-3-5-7-9/h2,8H,1,3-7H2,(H,10,11). The van der Waals surface area contributed by atoms with Crippen molar-refractivity contribution in [2.45, 2.75) is 37.6 Å². The van der Waals surface area contributed by atoms with Crippen LogP contribution < -0.4 is 5.32 Å². The van der Waals surface area contributed by atoms with Gasteiger partial charge in [-0.05, 0) is 12.8 Å². The van der Waals surface area contributed by atoms with Gasteiger partial charge >= 0.3 is 0 Å².